The van der Waals surface area contributed by atoms with Gasteiger partial charge in [0, 0.05) is 24.7 Å². The number of benzene rings is 1. The van der Waals surface area contributed by atoms with Gasteiger partial charge in [0.1, 0.15) is 12.2 Å². The van der Waals surface area contributed by atoms with Gasteiger partial charge < -0.3 is 10.6 Å². The number of carbonyl (C=O) groups excluding carboxylic acids is 2. The van der Waals surface area contributed by atoms with Crippen LogP contribution in [0.2, 0.25) is 0 Å². The molecule has 1 aromatic carbocycles. The van der Waals surface area contributed by atoms with Gasteiger partial charge in [0.25, 0.3) is 0 Å². The average Bonchev–Trinajstić information content (AvgIpc) is 2.43. The van der Waals surface area contributed by atoms with Crippen LogP contribution in [0, 0.1) is 17.1 Å². The average molecular weight is 275 g/mol. The molecule has 0 aromatic heterocycles. The second-order valence-electron chi connectivity index (χ2n) is 3.83. The summed E-state index contributed by atoms with van der Waals surface area (Å²) < 4.78 is 13.3. The monoisotopic (exact) mass is 275 g/mol. The van der Waals surface area contributed by atoms with Crippen molar-refractivity contribution in [2.45, 2.75) is 6.42 Å². The lowest BCUT2D eigenvalue weighted by Crippen LogP contribution is -2.33. The molecule has 0 unspecified atom stereocenters. The van der Waals surface area contributed by atoms with E-state index in [0.29, 0.717) is 5.56 Å². The molecule has 0 heterocycles. The molecule has 0 aliphatic rings. The van der Waals surface area contributed by atoms with E-state index < -0.39 is 5.82 Å². The van der Waals surface area contributed by atoms with Crippen LogP contribution in [0.1, 0.15) is 12.0 Å². The van der Waals surface area contributed by atoms with Gasteiger partial charge in [-0.25, -0.2) is 4.39 Å². The molecular formula is C14H14FN3O2. The Balaban J connectivity index is 2.29. The van der Waals surface area contributed by atoms with E-state index in [-0.39, 0.29) is 31.3 Å². The van der Waals surface area contributed by atoms with Gasteiger partial charge in [-0.15, -0.1) is 0 Å². The normalized spacial score (nSPS) is 10.0. The third kappa shape index (κ3) is 5.78. The van der Waals surface area contributed by atoms with Gasteiger partial charge in [0.15, 0.2) is 0 Å². The second-order valence-corrected chi connectivity index (χ2v) is 3.83. The lowest BCUT2D eigenvalue weighted by molar-refractivity contribution is -0.120. The molecule has 0 saturated carbocycles. The van der Waals surface area contributed by atoms with Gasteiger partial charge in [-0.1, -0.05) is 18.2 Å². The van der Waals surface area contributed by atoms with E-state index in [4.69, 9.17) is 5.26 Å². The zero-order chi connectivity index (χ0) is 14.8. The number of rotatable bonds is 6. The molecule has 1 rings (SSSR count). The summed E-state index contributed by atoms with van der Waals surface area (Å²) >= 11 is 0. The minimum absolute atomic E-state index is 0.207. The van der Waals surface area contributed by atoms with Crippen LogP contribution in [-0.4, -0.2) is 24.9 Å². The Morgan fingerprint density at radius 3 is 2.65 bits per heavy atom. The first-order valence-corrected chi connectivity index (χ1v) is 5.97. The molecule has 1 aromatic rings. The van der Waals surface area contributed by atoms with Crippen LogP contribution in [0.4, 0.5) is 4.39 Å². The van der Waals surface area contributed by atoms with Crippen molar-refractivity contribution in [1.29, 1.82) is 5.26 Å². The largest absolute Gasteiger partial charge is 0.353 e. The van der Waals surface area contributed by atoms with E-state index in [1.165, 1.54) is 18.2 Å². The number of nitrogens with one attached hydrogen (secondary N) is 2. The molecule has 6 heteroatoms. The van der Waals surface area contributed by atoms with Gasteiger partial charge in [-0.05, 0) is 12.1 Å². The molecule has 0 aliphatic carbocycles. The van der Waals surface area contributed by atoms with E-state index in [9.17, 15) is 14.0 Å². The third-order valence-corrected chi connectivity index (χ3v) is 2.31. The maximum atomic E-state index is 13.3. The predicted octanol–water partition coefficient (Wildman–Crippen LogP) is 0.985. The van der Waals surface area contributed by atoms with Crippen molar-refractivity contribution in [3.63, 3.8) is 0 Å². The Hall–Kier alpha value is -2.68. The van der Waals surface area contributed by atoms with E-state index >= 15 is 0 Å². The number of hydrogen-bond acceptors (Lipinski definition) is 3. The minimum atomic E-state index is -0.402. The summed E-state index contributed by atoms with van der Waals surface area (Å²) in [6.07, 6.45) is 2.38. The van der Waals surface area contributed by atoms with E-state index in [1.54, 1.807) is 24.3 Å². The molecule has 104 valence electrons. The molecule has 20 heavy (non-hydrogen) atoms. The highest BCUT2D eigenvalue weighted by Gasteiger charge is 2.00. The zero-order valence-corrected chi connectivity index (χ0v) is 10.7. The SMILES string of the molecule is N#CCC(=O)NCCNC(=O)/C=C/c1ccccc1F. The van der Waals surface area contributed by atoms with Gasteiger partial charge in [-0.2, -0.15) is 5.26 Å². The van der Waals surface area contributed by atoms with Crippen molar-refractivity contribution in [1.82, 2.24) is 10.6 Å². The molecular weight excluding hydrogens is 261 g/mol. The lowest BCUT2D eigenvalue weighted by atomic mass is 10.2. The van der Waals surface area contributed by atoms with Crippen molar-refractivity contribution in [3.8, 4) is 6.07 Å². The molecule has 0 atom stereocenters. The summed E-state index contributed by atoms with van der Waals surface area (Å²) in [5.74, 6) is -1.17. The van der Waals surface area contributed by atoms with Crippen LogP contribution in [0.3, 0.4) is 0 Å². The molecule has 0 radical (unpaired) electrons. The highest BCUT2D eigenvalue weighted by Crippen LogP contribution is 2.07. The predicted molar refractivity (Wildman–Crippen MR) is 71.7 cm³/mol. The lowest BCUT2D eigenvalue weighted by Gasteiger charge is -2.03. The second kappa shape index (κ2) is 8.43. The van der Waals surface area contributed by atoms with Crippen LogP contribution in [0.15, 0.2) is 30.3 Å². The first-order valence-electron chi connectivity index (χ1n) is 5.97. The van der Waals surface area contributed by atoms with Crippen molar-refractivity contribution in [2.24, 2.45) is 0 Å². The summed E-state index contributed by atoms with van der Waals surface area (Å²) in [6, 6.07) is 7.82. The molecule has 0 spiro atoms. The number of nitrogens with zero attached hydrogens (tertiary/aromatic N) is 1. The highest BCUT2D eigenvalue weighted by atomic mass is 19.1. The molecule has 0 saturated heterocycles. The van der Waals surface area contributed by atoms with E-state index in [1.807, 2.05) is 0 Å². The highest BCUT2D eigenvalue weighted by molar-refractivity contribution is 5.91. The van der Waals surface area contributed by atoms with Crippen molar-refractivity contribution < 1.29 is 14.0 Å². The minimum Gasteiger partial charge on any atom is -0.353 e. The Bertz CT molecular complexity index is 550. The smallest absolute Gasteiger partial charge is 0.244 e. The van der Waals surface area contributed by atoms with Crippen LogP contribution in [0.5, 0.6) is 0 Å². The van der Waals surface area contributed by atoms with Gasteiger partial charge in [0.2, 0.25) is 11.8 Å². The van der Waals surface area contributed by atoms with Crippen LogP contribution in [-0.2, 0) is 9.59 Å². The van der Waals surface area contributed by atoms with E-state index in [0.717, 1.165) is 0 Å². The van der Waals surface area contributed by atoms with Crippen LogP contribution in [0.25, 0.3) is 6.08 Å². The van der Waals surface area contributed by atoms with Crippen molar-refractivity contribution in [2.75, 3.05) is 13.1 Å². The van der Waals surface area contributed by atoms with E-state index in [2.05, 4.69) is 10.6 Å². The summed E-state index contributed by atoms with van der Waals surface area (Å²) in [6.45, 7) is 0.470. The Kier molecular flexibility index (Phi) is 6.48. The number of halogens is 1. The molecule has 0 aliphatic heterocycles. The fourth-order valence-electron chi connectivity index (χ4n) is 1.36. The maximum Gasteiger partial charge on any atom is 0.244 e. The summed E-state index contributed by atoms with van der Waals surface area (Å²) in [5, 5.41) is 13.2. The summed E-state index contributed by atoms with van der Waals surface area (Å²) in [5.41, 5.74) is 0.324. The number of hydrogen-bond donors (Lipinski definition) is 2. The molecule has 5 nitrogen and oxygen atoms in total. The maximum absolute atomic E-state index is 13.3. The van der Waals surface area contributed by atoms with Crippen LogP contribution >= 0.6 is 0 Å². The van der Waals surface area contributed by atoms with Gasteiger partial charge >= 0.3 is 0 Å². The summed E-state index contributed by atoms with van der Waals surface area (Å²) in [7, 11) is 0. The third-order valence-electron chi connectivity index (χ3n) is 2.31. The Morgan fingerprint density at radius 2 is 1.95 bits per heavy atom. The standard InChI is InChI=1S/C14H14FN3O2/c15-12-4-2-1-3-11(12)5-6-13(19)17-9-10-18-14(20)7-8-16/h1-6H,7,9-10H2,(H,17,19)(H,18,20)/b6-5+. The fourth-order valence-corrected chi connectivity index (χ4v) is 1.36. The Morgan fingerprint density at radius 1 is 1.25 bits per heavy atom. The molecule has 2 amide bonds. The first-order chi connectivity index (χ1) is 9.63. The number of carbonyl (C=O) groups is 2. The number of amides is 2. The fraction of sp³-hybridized carbons (Fsp3) is 0.214. The summed E-state index contributed by atoms with van der Waals surface area (Å²) in [4.78, 5) is 22.3. The van der Waals surface area contributed by atoms with Crippen LogP contribution < -0.4 is 10.6 Å². The van der Waals surface area contributed by atoms with Gasteiger partial charge in [-0.3, -0.25) is 9.59 Å². The Labute approximate surface area is 116 Å². The quantitative estimate of drug-likeness (QED) is 0.600. The van der Waals surface area contributed by atoms with Gasteiger partial charge in [0.05, 0.1) is 6.07 Å². The molecule has 2 N–H and O–H groups in total. The number of nitriles is 1. The first kappa shape index (κ1) is 15.4. The topological polar surface area (TPSA) is 82.0 Å². The molecule has 0 fully saturated rings. The van der Waals surface area contributed by atoms with Crippen molar-refractivity contribution in [3.05, 3.63) is 41.7 Å². The zero-order valence-electron chi connectivity index (χ0n) is 10.7. The van der Waals surface area contributed by atoms with Crippen molar-refractivity contribution >= 4 is 17.9 Å². The molecule has 0 bridgehead atoms.